The lowest BCUT2D eigenvalue weighted by atomic mass is 10.0. The third kappa shape index (κ3) is 8.74. The number of carbonyl (C=O) groups is 4. The van der Waals surface area contributed by atoms with Gasteiger partial charge < -0.3 is 20.7 Å². The SMILES string of the molecule is CCOC(=O)c1ccc(NC(=O)C(C)Sc2ccc(NC(=O)/C(=C/c3cccc4ccccc34)NC(=O)c3ccccc3)cc2)cc1. The van der Waals surface area contributed by atoms with Crippen LogP contribution in [0.4, 0.5) is 11.4 Å². The topological polar surface area (TPSA) is 114 Å². The zero-order valence-electron chi connectivity index (χ0n) is 25.9. The minimum Gasteiger partial charge on any atom is -0.462 e. The Balaban J connectivity index is 1.26. The third-order valence-electron chi connectivity index (χ3n) is 7.11. The monoisotopic (exact) mass is 643 g/mol. The van der Waals surface area contributed by atoms with Gasteiger partial charge in [0.15, 0.2) is 0 Å². The minimum absolute atomic E-state index is 0.0919. The number of fused-ring (bicyclic) bond motifs is 1. The van der Waals surface area contributed by atoms with Crippen LogP contribution in [-0.2, 0) is 14.3 Å². The van der Waals surface area contributed by atoms with E-state index >= 15 is 0 Å². The second-order valence-corrected chi connectivity index (χ2v) is 11.9. The van der Waals surface area contributed by atoms with Crippen LogP contribution in [0.5, 0.6) is 0 Å². The molecule has 5 rings (SSSR count). The molecule has 8 nitrogen and oxygen atoms in total. The summed E-state index contributed by atoms with van der Waals surface area (Å²) >= 11 is 1.36. The molecule has 236 valence electrons. The number of esters is 1. The summed E-state index contributed by atoms with van der Waals surface area (Å²) in [5, 5.41) is 10.1. The van der Waals surface area contributed by atoms with E-state index in [9.17, 15) is 19.2 Å². The number of ether oxygens (including phenoxy) is 1. The highest BCUT2D eigenvalue weighted by Crippen LogP contribution is 2.26. The average Bonchev–Trinajstić information content (AvgIpc) is 3.09. The molecule has 5 aromatic carbocycles. The first-order valence-electron chi connectivity index (χ1n) is 15.0. The third-order valence-corrected chi connectivity index (χ3v) is 8.22. The number of rotatable bonds is 11. The summed E-state index contributed by atoms with van der Waals surface area (Å²) < 4.78 is 4.99. The van der Waals surface area contributed by atoms with Gasteiger partial charge in [-0.15, -0.1) is 11.8 Å². The Morgan fingerprint density at radius 2 is 1.36 bits per heavy atom. The van der Waals surface area contributed by atoms with Crippen molar-refractivity contribution in [2.75, 3.05) is 17.2 Å². The molecule has 0 aliphatic carbocycles. The fraction of sp³-hybridized carbons (Fsp3) is 0.105. The van der Waals surface area contributed by atoms with Crippen LogP contribution in [0.2, 0.25) is 0 Å². The maximum absolute atomic E-state index is 13.6. The molecule has 0 aromatic heterocycles. The summed E-state index contributed by atoms with van der Waals surface area (Å²) in [4.78, 5) is 52.1. The van der Waals surface area contributed by atoms with Crippen molar-refractivity contribution in [1.82, 2.24) is 5.32 Å². The highest BCUT2D eigenvalue weighted by molar-refractivity contribution is 8.00. The van der Waals surface area contributed by atoms with E-state index in [4.69, 9.17) is 4.74 Å². The maximum atomic E-state index is 13.6. The van der Waals surface area contributed by atoms with Crippen molar-refractivity contribution in [2.45, 2.75) is 24.0 Å². The predicted octanol–water partition coefficient (Wildman–Crippen LogP) is 7.55. The van der Waals surface area contributed by atoms with E-state index in [2.05, 4.69) is 16.0 Å². The zero-order chi connectivity index (χ0) is 33.2. The van der Waals surface area contributed by atoms with E-state index < -0.39 is 23.0 Å². The zero-order valence-corrected chi connectivity index (χ0v) is 26.7. The summed E-state index contributed by atoms with van der Waals surface area (Å²) in [6.45, 7) is 3.82. The van der Waals surface area contributed by atoms with E-state index in [1.807, 2.05) is 60.7 Å². The Hall–Kier alpha value is -5.67. The molecule has 0 spiro atoms. The van der Waals surface area contributed by atoms with E-state index in [0.29, 0.717) is 22.5 Å². The van der Waals surface area contributed by atoms with Gasteiger partial charge in [0.05, 0.1) is 17.4 Å². The molecule has 0 bridgehead atoms. The molecule has 0 radical (unpaired) electrons. The Morgan fingerprint density at radius 3 is 2.09 bits per heavy atom. The number of hydrogen-bond donors (Lipinski definition) is 3. The summed E-state index contributed by atoms with van der Waals surface area (Å²) in [5.41, 5.74) is 2.81. The molecule has 1 unspecified atom stereocenters. The molecule has 1 atom stereocenters. The first-order valence-corrected chi connectivity index (χ1v) is 15.9. The van der Waals surface area contributed by atoms with Crippen molar-refractivity contribution in [1.29, 1.82) is 0 Å². The Kier molecular flexibility index (Phi) is 10.8. The number of thioether (sulfide) groups is 1. The van der Waals surface area contributed by atoms with Crippen LogP contribution in [0.25, 0.3) is 16.8 Å². The first kappa shape index (κ1) is 32.7. The minimum atomic E-state index is -0.482. The quantitative estimate of drug-likeness (QED) is 0.0779. The molecule has 9 heteroatoms. The predicted molar refractivity (Wildman–Crippen MR) is 187 cm³/mol. The Morgan fingerprint density at radius 1 is 0.723 bits per heavy atom. The summed E-state index contributed by atoms with van der Waals surface area (Å²) in [5.74, 6) is -1.50. The van der Waals surface area contributed by atoms with Crippen molar-refractivity contribution in [3.8, 4) is 0 Å². The van der Waals surface area contributed by atoms with Crippen LogP contribution < -0.4 is 16.0 Å². The lowest BCUT2D eigenvalue weighted by Gasteiger charge is -2.14. The summed E-state index contributed by atoms with van der Waals surface area (Å²) in [6.07, 6.45) is 1.67. The normalized spacial score (nSPS) is 11.7. The fourth-order valence-corrected chi connectivity index (χ4v) is 5.56. The van der Waals surface area contributed by atoms with Crippen LogP contribution >= 0.6 is 11.8 Å². The van der Waals surface area contributed by atoms with Crippen LogP contribution in [-0.4, -0.2) is 35.5 Å². The van der Waals surface area contributed by atoms with Gasteiger partial charge in [-0.25, -0.2) is 4.79 Å². The van der Waals surface area contributed by atoms with Gasteiger partial charge in [0.25, 0.3) is 11.8 Å². The molecule has 0 heterocycles. The van der Waals surface area contributed by atoms with Crippen LogP contribution in [0, 0.1) is 0 Å². The first-order chi connectivity index (χ1) is 22.8. The summed E-state index contributed by atoms with van der Waals surface area (Å²) in [7, 11) is 0. The van der Waals surface area contributed by atoms with Gasteiger partial charge in [0.2, 0.25) is 5.91 Å². The molecule has 0 saturated carbocycles. The van der Waals surface area contributed by atoms with Crippen LogP contribution in [0.1, 0.15) is 40.1 Å². The molecular weight excluding hydrogens is 611 g/mol. The molecule has 0 aliphatic rings. The van der Waals surface area contributed by atoms with Gasteiger partial charge in [-0.05, 0) is 96.9 Å². The number of hydrogen-bond acceptors (Lipinski definition) is 6. The number of amides is 3. The molecule has 0 aliphatic heterocycles. The molecule has 0 fully saturated rings. The molecular formula is C38H33N3O5S. The standard InChI is InChI=1S/C38H33N3O5S/c1-3-46-38(45)28-16-18-30(19-17-28)39-35(42)25(2)47-32-22-20-31(21-23-32)40-37(44)34(41-36(43)27-11-5-4-6-12-27)24-29-14-9-13-26-10-7-8-15-33(26)29/h4-25H,3H2,1-2H3,(H,39,42)(H,40,44)(H,41,43)/b34-24-. The number of anilines is 2. The molecule has 3 N–H and O–H groups in total. The second-order valence-electron chi connectivity index (χ2n) is 10.5. The fourth-order valence-electron chi connectivity index (χ4n) is 4.70. The highest BCUT2D eigenvalue weighted by atomic mass is 32.2. The van der Waals surface area contributed by atoms with Crippen molar-refractivity contribution >= 4 is 63.7 Å². The molecule has 47 heavy (non-hydrogen) atoms. The number of carbonyl (C=O) groups excluding carboxylic acids is 4. The van der Waals surface area contributed by atoms with Gasteiger partial charge >= 0.3 is 5.97 Å². The van der Waals surface area contributed by atoms with Crippen molar-refractivity contribution in [2.24, 2.45) is 0 Å². The van der Waals surface area contributed by atoms with Crippen molar-refractivity contribution in [3.05, 3.63) is 144 Å². The van der Waals surface area contributed by atoms with Crippen molar-refractivity contribution < 1.29 is 23.9 Å². The van der Waals surface area contributed by atoms with Crippen molar-refractivity contribution in [3.63, 3.8) is 0 Å². The van der Waals surface area contributed by atoms with Crippen LogP contribution in [0.15, 0.2) is 132 Å². The van der Waals surface area contributed by atoms with Gasteiger partial charge in [0.1, 0.15) is 5.70 Å². The molecule has 3 amide bonds. The summed E-state index contributed by atoms with van der Waals surface area (Å²) in [6, 6.07) is 36.0. The number of benzene rings is 5. The molecule has 5 aromatic rings. The van der Waals surface area contributed by atoms with Gasteiger partial charge in [-0.2, -0.15) is 0 Å². The van der Waals surface area contributed by atoms with E-state index in [-0.39, 0.29) is 18.2 Å². The Bertz CT molecular complexity index is 1920. The average molecular weight is 644 g/mol. The van der Waals surface area contributed by atoms with Crippen LogP contribution in [0.3, 0.4) is 0 Å². The maximum Gasteiger partial charge on any atom is 0.338 e. The van der Waals surface area contributed by atoms with E-state index in [0.717, 1.165) is 21.2 Å². The largest absolute Gasteiger partial charge is 0.462 e. The van der Waals surface area contributed by atoms with E-state index in [1.165, 1.54) is 11.8 Å². The lowest BCUT2D eigenvalue weighted by Crippen LogP contribution is -2.30. The lowest BCUT2D eigenvalue weighted by molar-refractivity contribution is -0.115. The van der Waals surface area contributed by atoms with E-state index in [1.54, 1.807) is 80.6 Å². The highest BCUT2D eigenvalue weighted by Gasteiger charge is 2.18. The second kappa shape index (κ2) is 15.6. The smallest absolute Gasteiger partial charge is 0.338 e. The number of nitrogens with one attached hydrogen (secondary N) is 3. The van der Waals surface area contributed by atoms with Gasteiger partial charge in [-0.1, -0.05) is 60.7 Å². The Labute approximate surface area is 277 Å². The molecule has 0 saturated heterocycles. The van der Waals surface area contributed by atoms with Gasteiger partial charge in [0, 0.05) is 21.8 Å². The van der Waals surface area contributed by atoms with Gasteiger partial charge in [-0.3, -0.25) is 14.4 Å².